The van der Waals surface area contributed by atoms with Crippen LogP contribution in [-0.2, 0) is 0 Å². The molecule has 0 saturated heterocycles. The van der Waals surface area contributed by atoms with E-state index in [1.165, 1.54) is 38.2 Å². The molecular weight excluding hydrogens is 609 g/mol. The first-order valence-electron chi connectivity index (χ1n) is 16.7. The fourth-order valence-electron chi connectivity index (χ4n) is 6.86. The molecule has 4 nitrogen and oxygen atoms in total. The Morgan fingerprint density at radius 3 is 1.40 bits per heavy atom. The lowest BCUT2D eigenvalue weighted by Gasteiger charge is -2.19. The van der Waals surface area contributed by atoms with Gasteiger partial charge in [0.25, 0.3) is 0 Å². The van der Waals surface area contributed by atoms with Crippen molar-refractivity contribution in [1.29, 1.82) is 0 Å². The van der Waals surface area contributed by atoms with Gasteiger partial charge in [-0.2, -0.15) is 0 Å². The van der Waals surface area contributed by atoms with Crippen LogP contribution in [0.5, 0.6) is 0 Å². The average molecular weight is 639 g/mol. The first-order valence-corrected chi connectivity index (χ1v) is 16.7. The Labute approximate surface area is 290 Å². The second-order valence-corrected chi connectivity index (χ2v) is 12.3. The van der Waals surface area contributed by atoms with Crippen LogP contribution in [0.1, 0.15) is 0 Å². The summed E-state index contributed by atoms with van der Waals surface area (Å²) in [5, 5.41) is 4.83. The second kappa shape index (κ2) is 12.7. The van der Waals surface area contributed by atoms with Gasteiger partial charge >= 0.3 is 0 Å². The van der Waals surface area contributed by atoms with Gasteiger partial charge in [0.2, 0.25) is 0 Å². The maximum Gasteiger partial charge on any atom is 0.164 e. The smallest absolute Gasteiger partial charge is 0.164 e. The standard InChI is InChI=1S/C46H30N4/c1-4-14-31(15-5-1)42-41-29-35(25-26-39(41)38-23-10-11-24-40(38)43(42)37-22-13-27-47-30-37)34-20-12-21-36(28-34)46-49-44(32-16-6-2-7-17-32)48-45(50-46)33-18-8-3-9-19-33/h1-30H. The summed E-state index contributed by atoms with van der Waals surface area (Å²) in [7, 11) is 0. The van der Waals surface area contributed by atoms with E-state index in [1.54, 1.807) is 0 Å². The molecule has 9 aromatic rings. The van der Waals surface area contributed by atoms with E-state index in [-0.39, 0.29) is 0 Å². The minimum Gasteiger partial charge on any atom is -0.264 e. The third-order valence-electron chi connectivity index (χ3n) is 9.19. The first kappa shape index (κ1) is 29.4. The van der Waals surface area contributed by atoms with Gasteiger partial charge in [-0.3, -0.25) is 4.98 Å². The van der Waals surface area contributed by atoms with E-state index in [0.717, 1.165) is 33.4 Å². The molecule has 7 aromatic carbocycles. The summed E-state index contributed by atoms with van der Waals surface area (Å²) < 4.78 is 0. The molecule has 0 aliphatic heterocycles. The summed E-state index contributed by atoms with van der Waals surface area (Å²) in [4.78, 5) is 19.4. The van der Waals surface area contributed by atoms with Gasteiger partial charge in [-0.25, -0.2) is 15.0 Å². The molecular formula is C46H30N4. The highest BCUT2D eigenvalue weighted by atomic mass is 15.0. The maximum atomic E-state index is 4.99. The quantitative estimate of drug-likeness (QED) is 0.170. The molecule has 2 heterocycles. The molecule has 9 rings (SSSR count). The second-order valence-electron chi connectivity index (χ2n) is 12.3. The molecule has 0 amide bonds. The minimum absolute atomic E-state index is 0.634. The van der Waals surface area contributed by atoms with E-state index < -0.39 is 0 Å². The predicted molar refractivity (Wildman–Crippen MR) is 205 cm³/mol. The fourth-order valence-corrected chi connectivity index (χ4v) is 6.86. The Kier molecular flexibility index (Phi) is 7.45. The number of aromatic nitrogens is 4. The molecule has 0 saturated carbocycles. The van der Waals surface area contributed by atoms with Gasteiger partial charge in [0.1, 0.15) is 0 Å². The van der Waals surface area contributed by atoms with Crippen LogP contribution in [0.25, 0.3) is 89.1 Å². The lowest BCUT2D eigenvalue weighted by atomic mass is 9.84. The van der Waals surface area contributed by atoms with E-state index in [4.69, 9.17) is 15.0 Å². The van der Waals surface area contributed by atoms with Crippen molar-refractivity contribution in [1.82, 2.24) is 19.9 Å². The lowest BCUT2D eigenvalue weighted by Crippen LogP contribution is -2.00. The largest absolute Gasteiger partial charge is 0.264 e. The average Bonchev–Trinajstić information content (AvgIpc) is 3.21. The molecule has 0 bridgehead atoms. The van der Waals surface area contributed by atoms with E-state index in [1.807, 2.05) is 79.1 Å². The number of hydrogen-bond acceptors (Lipinski definition) is 4. The van der Waals surface area contributed by atoms with Crippen molar-refractivity contribution >= 4 is 21.5 Å². The number of nitrogens with zero attached hydrogens (tertiary/aromatic N) is 4. The van der Waals surface area contributed by atoms with Gasteiger partial charge in [0.15, 0.2) is 17.5 Å². The Bertz CT molecular complexity index is 2560. The van der Waals surface area contributed by atoms with Crippen molar-refractivity contribution < 1.29 is 0 Å². The molecule has 0 atom stereocenters. The summed E-state index contributed by atoms with van der Waals surface area (Å²) in [6.45, 7) is 0. The normalized spacial score (nSPS) is 11.2. The fraction of sp³-hybridized carbons (Fsp3) is 0. The Hall–Kier alpha value is -6.78. The molecule has 234 valence electrons. The van der Waals surface area contributed by atoms with Gasteiger partial charge in [-0.1, -0.05) is 152 Å². The third kappa shape index (κ3) is 5.39. The zero-order valence-electron chi connectivity index (χ0n) is 27.1. The van der Waals surface area contributed by atoms with Crippen LogP contribution in [0.15, 0.2) is 182 Å². The molecule has 4 heteroatoms. The Balaban J connectivity index is 1.25. The van der Waals surface area contributed by atoms with Crippen LogP contribution in [-0.4, -0.2) is 19.9 Å². The van der Waals surface area contributed by atoms with E-state index in [9.17, 15) is 0 Å². The summed E-state index contributed by atoms with van der Waals surface area (Å²) >= 11 is 0. The topological polar surface area (TPSA) is 51.6 Å². The number of hydrogen-bond donors (Lipinski definition) is 0. The highest BCUT2D eigenvalue weighted by molar-refractivity contribution is 6.22. The molecule has 0 aliphatic carbocycles. The van der Waals surface area contributed by atoms with Crippen LogP contribution < -0.4 is 0 Å². The van der Waals surface area contributed by atoms with Crippen LogP contribution in [0.3, 0.4) is 0 Å². The Morgan fingerprint density at radius 1 is 0.280 bits per heavy atom. The van der Waals surface area contributed by atoms with Gasteiger partial charge in [-0.05, 0) is 67.6 Å². The summed E-state index contributed by atoms with van der Waals surface area (Å²) in [5.74, 6) is 1.93. The molecule has 0 fully saturated rings. The number of benzene rings is 7. The maximum absolute atomic E-state index is 4.99. The zero-order valence-corrected chi connectivity index (χ0v) is 27.1. The number of pyridine rings is 1. The molecule has 0 N–H and O–H groups in total. The summed E-state index contributed by atoms with van der Waals surface area (Å²) in [6.07, 6.45) is 3.80. The van der Waals surface area contributed by atoms with Crippen LogP contribution in [0.2, 0.25) is 0 Å². The van der Waals surface area contributed by atoms with E-state index in [0.29, 0.717) is 17.5 Å². The van der Waals surface area contributed by atoms with Gasteiger partial charge in [0.05, 0.1) is 0 Å². The molecule has 0 radical (unpaired) electrons. The van der Waals surface area contributed by atoms with Crippen LogP contribution in [0, 0.1) is 0 Å². The van der Waals surface area contributed by atoms with E-state index in [2.05, 4.69) is 108 Å². The highest BCUT2D eigenvalue weighted by Gasteiger charge is 2.19. The van der Waals surface area contributed by atoms with Crippen molar-refractivity contribution in [2.24, 2.45) is 0 Å². The molecule has 0 spiro atoms. The third-order valence-corrected chi connectivity index (χ3v) is 9.19. The SMILES string of the molecule is c1ccc(-c2nc(-c3ccccc3)nc(-c3cccc(-c4ccc5c(c4)c(-c4ccccc4)c(-c4cccnc4)c4ccccc45)c3)n2)cc1. The monoisotopic (exact) mass is 638 g/mol. The van der Waals surface area contributed by atoms with Gasteiger partial charge in [-0.15, -0.1) is 0 Å². The van der Waals surface area contributed by atoms with Crippen molar-refractivity contribution in [2.45, 2.75) is 0 Å². The molecule has 0 unspecified atom stereocenters. The van der Waals surface area contributed by atoms with Crippen molar-refractivity contribution in [3.63, 3.8) is 0 Å². The molecule has 2 aromatic heterocycles. The Morgan fingerprint density at radius 2 is 0.760 bits per heavy atom. The molecule has 50 heavy (non-hydrogen) atoms. The van der Waals surface area contributed by atoms with Crippen molar-refractivity contribution in [2.75, 3.05) is 0 Å². The van der Waals surface area contributed by atoms with Gasteiger partial charge < -0.3 is 0 Å². The van der Waals surface area contributed by atoms with E-state index >= 15 is 0 Å². The first-order chi connectivity index (χ1) is 24.8. The summed E-state index contributed by atoms with van der Waals surface area (Å²) in [5.41, 5.74) is 9.67. The number of rotatable bonds is 6. The zero-order chi connectivity index (χ0) is 33.3. The van der Waals surface area contributed by atoms with Crippen molar-refractivity contribution in [3.8, 4) is 67.5 Å². The summed E-state index contributed by atoms with van der Waals surface area (Å²) in [6, 6.07) is 59.1. The van der Waals surface area contributed by atoms with Crippen LogP contribution >= 0.6 is 0 Å². The minimum atomic E-state index is 0.634. The number of fused-ring (bicyclic) bond motifs is 3. The lowest BCUT2D eigenvalue weighted by molar-refractivity contribution is 1.07. The predicted octanol–water partition coefficient (Wildman–Crippen LogP) is 11.6. The highest BCUT2D eigenvalue weighted by Crippen LogP contribution is 2.45. The van der Waals surface area contributed by atoms with Crippen LogP contribution in [0.4, 0.5) is 0 Å². The van der Waals surface area contributed by atoms with Crippen molar-refractivity contribution in [3.05, 3.63) is 182 Å². The van der Waals surface area contributed by atoms with Gasteiger partial charge in [0, 0.05) is 34.6 Å². The molecule has 0 aliphatic rings.